The summed E-state index contributed by atoms with van der Waals surface area (Å²) in [4.78, 5) is 29.2. The lowest BCUT2D eigenvalue weighted by Gasteiger charge is -2.35. The summed E-state index contributed by atoms with van der Waals surface area (Å²) in [6.45, 7) is 2.64. The van der Waals surface area contributed by atoms with E-state index in [0.717, 1.165) is 5.69 Å². The molecule has 1 fully saturated rings. The van der Waals surface area contributed by atoms with E-state index in [1.807, 2.05) is 24.3 Å². The Morgan fingerprint density at radius 3 is 2.06 bits per heavy atom. The number of carbonyl (C=O) groups is 2. The molecule has 1 aliphatic rings. The van der Waals surface area contributed by atoms with Gasteiger partial charge in [0.25, 0.3) is 11.8 Å². The van der Waals surface area contributed by atoms with Crippen LogP contribution < -0.4 is 24.4 Å². The van der Waals surface area contributed by atoms with Crippen LogP contribution in [-0.4, -0.2) is 64.2 Å². The lowest BCUT2D eigenvalue weighted by atomic mass is 10.1. The lowest BCUT2D eigenvalue weighted by Crippen LogP contribution is -2.48. The number of furan rings is 1. The Bertz CT molecular complexity index is 1110. The first-order valence-electron chi connectivity index (χ1n) is 10.8. The highest BCUT2D eigenvalue weighted by atomic mass is 16.5. The zero-order chi connectivity index (χ0) is 24.1. The van der Waals surface area contributed by atoms with Crippen LogP contribution in [0.15, 0.2) is 59.2 Å². The van der Waals surface area contributed by atoms with Gasteiger partial charge in [0.05, 0.1) is 27.6 Å². The van der Waals surface area contributed by atoms with E-state index < -0.39 is 0 Å². The summed E-state index contributed by atoms with van der Waals surface area (Å²) in [5, 5.41) is 2.89. The maximum Gasteiger partial charge on any atom is 0.289 e. The van der Waals surface area contributed by atoms with Gasteiger partial charge in [-0.1, -0.05) is 0 Å². The number of rotatable bonds is 7. The minimum atomic E-state index is -0.294. The Hall–Kier alpha value is -4.14. The number of amides is 2. The third-order valence-electron chi connectivity index (χ3n) is 5.72. The zero-order valence-electron chi connectivity index (χ0n) is 19.4. The molecule has 0 radical (unpaired) electrons. The number of hydrogen-bond donors (Lipinski definition) is 1. The van der Waals surface area contributed by atoms with Crippen LogP contribution in [0.5, 0.6) is 17.2 Å². The van der Waals surface area contributed by atoms with Gasteiger partial charge in [-0.05, 0) is 48.5 Å². The lowest BCUT2D eigenvalue weighted by molar-refractivity contribution is 0.0714. The van der Waals surface area contributed by atoms with Crippen molar-refractivity contribution in [2.24, 2.45) is 0 Å². The van der Waals surface area contributed by atoms with Crippen LogP contribution in [0.1, 0.15) is 20.9 Å². The number of nitrogens with zero attached hydrogens (tertiary/aromatic N) is 2. The number of carbonyl (C=O) groups excluding carboxylic acids is 2. The summed E-state index contributed by atoms with van der Waals surface area (Å²) < 4.78 is 21.2. The smallest absolute Gasteiger partial charge is 0.289 e. The van der Waals surface area contributed by atoms with Crippen LogP contribution in [-0.2, 0) is 0 Å². The standard InChI is InChI=1S/C25H27N3O6/c1-31-21-15-17(16-22(32-2)23(21)33-3)24(29)26-18-6-8-19(9-7-18)27-10-12-28(13-11-27)25(30)20-5-4-14-34-20/h4-9,14-16H,10-13H2,1-3H3,(H,26,29). The predicted molar refractivity (Wildman–Crippen MR) is 127 cm³/mol. The van der Waals surface area contributed by atoms with Crippen LogP contribution in [0.4, 0.5) is 11.4 Å². The monoisotopic (exact) mass is 465 g/mol. The molecule has 0 aliphatic carbocycles. The molecule has 1 aromatic heterocycles. The second-order valence-electron chi connectivity index (χ2n) is 7.67. The topological polar surface area (TPSA) is 93.5 Å². The SMILES string of the molecule is COc1cc(C(=O)Nc2ccc(N3CCN(C(=O)c4ccco4)CC3)cc2)cc(OC)c1OC. The molecule has 178 valence electrons. The zero-order valence-corrected chi connectivity index (χ0v) is 19.4. The van der Waals surface area contributed by atoms with Gasteiger partial charge < -0.3 is 33.7 Å². The normalized spacial score (nSPS) is 13.4. The summed E-state index contributed by atoms with van der Waals surface area (Å²) in [6.07, 6.45) is 1.51. The maximum atomic E-state index is 12.8. The van der Waals surface area contributed by atoms with Crippen molar-refractivity contribution in [2.45, 2.75) is 0 Å². The van der Waals surface area contributed by atoms with Crippen LogP contribution in [0.3, 0.4) is 0 Å². The number of benzene rings is 2. The number of ether oxygens (including phenoxy) is 3. The third-order valence-corrected chi connectivity index (χ3v) is 5.72. The van der Waals surface area contributed by atoms with Gasteiger partial charge in [0.15, 0.2) is 17.3 Å². The van der Waals surface area contributed by atoms with E-state index in [1.165, 1.54) is 27.6 Å². The van der Waals surface area contributed by atoms with Gasteiger partial charge in [-0.25, -0.2) is 0 Å². The fraction of sp³-hybridized carbons (Fsp3) is 0.280. The fourth-order valence-electron chi connectivity index (χ4n) is 3.89. The largest absolute Gasteiger partial charge is 0.493 e. The first-order chi connectivity index (χ1) is 16.5. The molecule has 9 heteroatoms. The van der Waals surface area contributed by atoms with Gasteiger partial charge in [-0.2, -0.15) is 0 Å². The van der Waals surface area contributed by atoms with E-state index in [-0.39, 0.29) is 11.8 Å². The van der Waals surface area contributed by atoms with Crippen molar-refractivity contribution in [3.63, 3.8) is 0 Å². The molecule has 0 unspecified atom stereocenters. The van der Waals surface area contributed by atoms with E-state index in [0.29, 0.717) is 60.4 Å². The van der Waals surface area contributed by atoms with Crippen molar-refractivity contribution in [3.8, 4) is 17.2 Å². The van der Waals surface area contributed by atoms with E-state index in [1.54, 1.807) is 29.2 Å². The number of anilines is 2. The molecular formula is C25H27N3O6. The van der Waals surface area contributed by atoms with Crippen LogP contribution in [0.25, 0.3) is 0 Å². The molecule has 0 atom stereocenters. The van der Waals surface area contributed by atoms with E-state index in [2.05, 4.69) is 10.2 Å². The Balaban J connectivity index is 1.38. The number of methoxy groups -OCH3 is 3. The summed E-state index contributed by atoms with van der Waals surface area (Å²) in [5.41, 5.74) is 2.07. The minimum absolute atomic E-state index is 0.0884. The highest BCUT2D eigenvalue weighted by molar-refractivity contribution is 6.05. The molecule has 2 aromatic carbocycles. The molecular weight excluding hydrogens is 438 g/mol. The average Bonchev–Trinajstić information content (AvgIpc) is 3.43. The second-order valence-corrected chi connectivity index (χ2v) is 7.67. The number of hydrogen-bond acceptors (Lipinski definition) is 7. The van der Waals surface area contributed by atoms with Crippen molar-refractivity contribution in [3.05, 3.63) is 66.1 Å². The van der Waals surface area contributed by atoms with E-state index in [4.69, 9.17) is 18.6 Å². The summed E-state index contributed by atoms with van der Waals surface area (Å²) in [6, 6.07) is 14.2. The molecule has 4 rings (SSSR count). The van der Waals surface area contributed by atoms with Crippen molar-refractivity contribution < 1.29 is 28.2 Å². The first-order valence-corrected chi connectivity index (χ1v) is 10.8. The second kappa shape index (κ2) is 10.2. The van der Waals surface area contributed by atoms with E-state index >= 15 is 0 Å². The van der Waals surface area contributed by atoms with Crippen molar-refractivity contribution in [1.82, 2.24) is 4.90 Å². The van der Waals surface area contributed by atoms with Crippen molar-refractivity contribution in [2.75, 3.05) is 57.7 Å². The van der Waals surface area contributed by atoms with Crippen LogP contribution >= 0.6 is 0 Å². The highest BCUT2D eigenvalue weighted by Crippen LogP contribution is 2.38. The first kappa shape index (κ1) is 23.0. The Morgan fingerprint density at radius 2 is 1.53 bits per heavy atom. The molecule has 0 saturated carbocycles. The van der Waals surface area contributed by atoms with Crippen molar-refractivity contribution in [1.29, 1.82) is 0 Å². The fourth-order valence-corrected chi connectivity index (χ4v) is 3.89. The number of nitrogens with one attached hydrogen (secondary N) is 1. The molecule has 1 N–H and O–H groups in total. The molecule has 1 aliphatic heterocycles. The Kier molecular flexibility index (Phi) is 6.91. The van der Waals surface area contributed by atoms with Gasteiger partial charge >= 0.3 is 0 Å². The molecule has 2 heterocycles. The van der Waals surface area contributed by atoms with Crippen molar-refractivity contribution >= 4 is 23.2 Å². The molecule has 0 bridgehead atoms. The molecule has 34 heavy (non-hydrogen) atoms. The summed E-state index contributed by atoms with van der Waals surface area (Å²) >= 11 is 0. The maximum absolute atomic E-state index is 12.8. The third kappa shape index (κ3) is 4.78. The highest BCUT2D eigenvalue weighted by Gasteiger charge is 2.24. The molecule has 9 nitrogen and oxygen atoms in total. The summed E-state index contributed by atoms with van der Waals surface area (Å²) in [7, 11) is 4.52. The molecule has 1 saturated heterocycles. The van der Waals surface area contributed by atoms with Gasteiger partial charge in [0.2, 0.25) is 5.75 Å². The van der Waals surface area contributed by atoms with Crippen LogP contribution in [0, 0.1) is 0 Å². The van der Waals surface area contributed by atoms with E-state index in [9.17, 15) is 9.59 Å². The van der Waals surface area contributed by atoms with Gasteiger partial charge in [0.1, 0.15) is 0 Å². The molecule has 0 spiro atoms. The Morgan fingerprint density at radius 1 is 0.882 bits per heavy atom. The van der Waals surface area contributed by atoms with Gasteiger partial charge in [-0.15, -0.1) is 0 Å². The minimum Gasteiger partial charge on any atom is -0.493 e. The van der Waals surface area contributed by atoms with Gasteiger partial charge in [-0.3, -0.25) is 9.59 Å². The molecule has 2 amide bonds. The average molecular weight is 466 g/mol. The van der Waals surface area contributed by atoms with Gasteiger partial charge in [0, 0.05) is 43.1 Å². The van der Waals surface area contributed by atoms with Crippen LogP contribution in [0.2, 0.25) is 0 Å². The Labute approximate surface area is 197 Å². The quantitative estimate of drug-likeness (QED) is 0.571. The summed E-state index contributed by atoms with van der Waals surface area (Å²) in [5.74, 6) is 1.23. The number of piperazine rings is 1. The predicted octanol–water partition coefficient (Wildman–Crippen LogP) is 3.52. The molecule has 3 aromatic rings.